The Kier molecular flexibility index (Phi) is 5.46. The van der Waals surface area contributed by atoms with E-state index in [2.05, 4.69) is 20.6 Å². The second kappa shape index (κ2) is 8.47. The molecule has 5 rings (SSSR count). The van der Waals surface area contributed by atoms with Gasteiger partial charge >= 0.3 is 0 Å². The fourth-order valence-electron chi connectivity index (χ4n) is 3.59. The number of ether oxygens (including phenoxy) is 2. The lowest BCUT2D eigenvalue weighted by atomic mass is 10.2. The van der Waals surface area contributed by atoms with Crippen molar-refractivity contribution in [3.63, 3.8) is 0 Å². The van der Waals surface area contributed by atoms with Gasteiger partial charge in [0.05, 0.1) is 24.6 Å². The van der Waals surface area contributed by atoms with Crippen molar-refractivity contribution in [3.05, 3.63) is 71.8 Å². The van der Waals surface area contributed by atoms with Crippen LogP contribution in [0.4, 0.5) is 11.5 Å². The van der Waals surface area contributed by atoms with Crippen LogP contribution < -0.4 is 14.8 Å². The van der Waals surface area contributed by atoms with Crippen LogP contribution in [0.3, 0.4) is 0 Å². The maximum Gasteiger partial charge on any atom is 0.229 e. The third kappa shape index (κ3) is 3.66. The molecule has 0 atom stereocenters. The predicted octanol–water partition coefficient (Wildman–Crippen LogP) is 4.52. The zero-order valence-corrected chi connectivity index (χ0v) is 19.6. The lowest BCUT2D eigenvalue weighted by Gasteiger charge is -2.13. The number of benzene rings is 3. The van der Waals surface area contributed by atoms with Crippen molar-refractivity contribution >= 4 is 49.5 Å². The molecule has 0 fully saturated rings. The molecule has 0 amide bonds. The van der Waals surface area contributed by atoms with Gasteiger partial charge in [-0.05, 0) is 48.5 Å². The highest BCUT2D eigenvalue weighted by molar-refractivity contribution is 7.91. The minimum Gasteiger partial charge on any atom is -0.493 e. The van der Waals surface area contributed by atoms with Crippen molar-refractivity contribution in [1.82, 2.24) is 19.8 Å². The molecule has 0 spiro atoms. The number of para-hydroxylation sites is 1. The molecular weight excluding hydrogens is 478 g/mol. The average molecular weight is 496 g/mol. The normalized spacial score (nSPS) is 11.6. The Bertz CT molecular complexity index is 1640. The van der Waals surface area contributed by atoms with Gasteiger partial charge in [0.2, 0.25) is 14.9 Å². The Morgan fingerprint density at radius 2 is 1.68 bits per heavy atom. The predicted molar refractivity (Wildman–Crippen MR) is 128 cm³/mol. The number of rotatable bonds is 6. The molecule has 2 aromatic heterocycles. The number of methoxy groups -OCH3 is 2. The van der Waals surface area contributed by atoms with Gasteiger partial charge in [0.15, 0.2) is 17.1 Å². The summed E-state index contributed by atoms with van der Waals surface area (Å²) in [5.74, 6) is 1.55. The summed E-state index contributed by atoms with van der Waals surface area (Å²) in [4.78, 5) is 4.66. The van der Waals surface area contributed by atoms with Gasteiger partial charge in [0, 0.05) is 22.2 Å². The van der Waals surface area contributed by atoms with E-state index in [1.165, 1.54) is 28.8 Å². The largest absolute Gasteiger partial charge is 0.493 e. The van der Waals surface area contributed by atoms with E-state index in [1.807, 2.05) is 30.3 Å². The van der Waals surface area contributed by atoms with Gasteiger partial charge in [-0.1, -0.05) is 28.9 Å². The number of hydrogen-bond acceptors (Lipinski definition) is 8. The van der Waals surface area contributed by atoms with E-state index in [0.717, 1.165) is 5.39 Å². The number of anilines is 2. The maximum atomic E-state index is 13.3. The van der Waals surface area contributed by atoms with E-state index in [-0.39, 0.29) is 15.6 Å². The molecule has 3 aromatic carbocycles. The number of nitrogens with one attached hydrogen (secondary N) is 1. The number of sulfone groups is 1. The van der Waals surface area contributed by atoms with E-state index >= 15 is 0 Å². The molecule has 172 valence electrons. The zero-order chi connectivity index (χ0) is 23.9. The first kappa shape index (κ1) is 21.9. The fraction of sp³-hybridized carbons (Fsp3) is 0.0870. The maximum absolute atomic E-state index is 13.3. The molecule has 5 aromatic rings. The number of fused-ring (bicyclic) bond motifs is 3. The van der Waals surface area contributed by atoms with Crippen LogP contribution in [0, 0.1) is 0 Å². The van der Waals surface area contributed by atoms with Crippen LogP contribution in [0.2, 0.25) is 5.02 Å². The number of aromatic nitrogens is 4. The van der Waals surface area contributed by atoms with Crippen molar-refractivity contribution in [2.45, 2.75) is 9.92 Å². The summed E-state index contributed by atoms with van der Waals surface area (Å²) in [6.07, 6.45) is 0. The summed E-state index contributed by atoms with van der Waals surface area (Å²) in [6, 6.07) is 18.6. The summed E-state index contributed by atoms with van der Waals surface area (Å²) < 4.78 is 38.8. The van der Waals surface area contributed by atoms with E-state index in [9.17, 15) is 8.42 Å². The molecule has 1 N–H and O–H groups in total. The summed E-state index contributed by atoms with van der Waals surface area (Å²) in [7, 11) is -0.889. The molecule has 0 aliphatic rings. The third-order valence-electron chi connectivity index (χ3n) is 5.25. The molecule has 34 heavy (non-hydrogen) atoms. The van der Waals surface area contributed by atoms with Gasteiger partial charge in [-0.15, -0.1) is 5.10 Å². The standard InChI is InChI=1S/C23H18ClN5O4S/c1-32-19-12-9-15(13-20(19)33-2)25-21-17-5-3-4-6-18(17)29-22(26-21)23(27-28-29)34(30,31)16-10-7-14(24)8-11-16/h3-13H,1-2H3,(H,25,26). The highest BCUT2D eigenvalue weighted by Crippen LogP contribution is 2.33. The summed E-state index contributed by atoms with van der Waals surface area (Å²) in [5.41, 5.74) is 1.41. The molecular formula is C23H18ClN5O4S. The van der Waals surface area contributed by atoms with Crippen LogP contribution in [-0.4, -0.2) is 42.4 Å². The first-order chi connectivity index (χ1) is 16.4. The Balaban J connectivity index is 1.69. The summed E-state index contributed by atoms with van der Waals surface area (Å²) in [5, 5.41) is 12.2. The minimum atomic E-state index is -4.00. The van der Waals surface area contributed by atoms with Crippen molar-refractivity contribution in [2.75, 3.05) is 19.5 Å². The van der Waals surface area contributed by atoms with Crippen molar-refractivity contribution in [1.29, 1.82) is 0 Å². The van der Waals surface area contributed by atoms with Gasteiger partial charge in [-0.2, -0.15) is 4.52 Å². The topological polar surface area (TPSA) is 108 Å². The fourth-order valence-corrected chi connectivity index (χ4v) is 4.95. The molecule has 0 unspecified atom stereocenters. The molecule has 0 saturated heterocycles. The average Bonchev–Trinajstić information content (AvgIpc) is 3.29. The first-order valence-corrected chi connectivity index (χ1v) is 11.9. The molecule has 11 heteroatoms. The van der Waals surface area contributed by atoms with Crippen LogP contribution in [0.25, 0.3) is 16.6 Å². The monoisotopic (exact) mass is 495 g/mol. The van der Waals surface area contributed by atoms with E-state index in [1.54, 1.807) is 26.4 Å². The van der Waals surface area contributed by atoms with E-state index in [0.29, 0.717) is 33.5 Å². The molecule has 0 aliphatic carbocycles. The first-order valence-electron chi connectivity index (χ1n) is 10.1. The Morgan fingerprint density at radius 3 is 2.41 bits per heavy atom. The number of halogens is 1. The van der Waals surface area contributed by atoms with Crippen LogP contribution in [0.5, 0.6) is 11.5 Å². The molecule has 9 nitrogen and oxygen atoms in total. The highest BCUT2D eigenvalue weighted by Gasteiger charge is 2.27. The second-order valence-electron chi connectivity index (χ2n) is 7.26. The van der Waals surface area contributed by atoms with E-state index < -0.39 is 9.84 Å². The second-order valence-corrected chi connectivity index (χ2v) is 9.56. The lowest BCUT2D eigenvalue weighted by Crippen LogP contribution is -2.05. The molecule has 0 bridgehead atoms. The molecule has 0 aliphatic heterocycles. The van der Waals surface area contributed by atoms with Crippen molar-refractivity contribution in [3.8, 4) is 11.5 Å². The molecule has 0 radical (unpaired) electrons. The summed E-state index contributed by atoms with van der Waals surface area (Å²) >= 11 is 5.92. The van der Waals surface area contributed by atoms with Gasteiger partial charge < -0.3 is 14.8 Å². The quantitative estimate of drug-likeness (QED) is 0.366. The van der Waals surface area contributed by atoms with E-state index in [4.69, 9.17) is 21.1 Å². The number of hydrogen-bond donors (Lipinski definition) is 1. The van der Waals surface area contributed by atoms with Gasteiger partial charge in [0.1, 0.15) is 5.82 Å². The Labute approximate surface area is 199 Å². The SMILES string of the molecule is COc1ccc(Nc2nc3c(S(=O)(=O)c4ccc(Cl)cc4)nnn3c3ccccc23)cc1OC. The highest BCUT2D eigenvalue weighted by atomic mass is 35.5. The third-order valence-corrected chi connectivity index (χ3v) is 7.16. The Morgan fingerprint density at radius 1 is 0.941 bits per heavy atom. The van der Waals surface area contributed by atoms with Crippen LogP contribution in [0.15, 0.2) is 76.7 Å². The van der Waals surface area contributed by atoms with Crippen LogP contribution in [-0.2, 0) is 9.84 Å². The van der Waals surface area contributed by atoms with Gasteiger partial charge in [-0.3, -0.25) is 0 Å². The van der Waals surface area contributed by atoms with Gasteiger partial charge in [-0.25, -0.2) is 13.4 Å². The molecule has 2 heterocycles. The minimum absolute atomic E-state index is 0.0451. The van der Waals surface area contributed by atoms with Crippen molar-refractivity contribution < 1.29 is 17.9 Å². The smallest absolute Gasteiger partial charge is 0.229 e. The summed E-state index contributed by atoms with van der Waals surface area (Å²) in [6.45, 7) is 0. The number of nitrogens with zero attached hydrogens (tertiary/aromatic N) is 4. The van der Waals surface area contributed by atoms with Crippen molar-refractivity contribution in [2.24, 2.45) is 0 Å². The molecule has 0 saturated carbocycles. The lowest BCUT2D eigenvalue weighted by molar-refractivity contribution is 0.355. The van der Waals surface area contributed by atoms with Crippen LogP contribution >= 0.6 is 11.6 Å². The zero-order valence-electron chi connectivity index (χ0n) is 18.1. The Hall–Kier alpha value is -3.89. The van der Waals surface area contributed by atoms with Gasteiger partial charge in [0.25, 0.3) is 0 Å². The van der Waals surface area contributed by atoms with Crippen LogP contribution in [0.1, 0.15) is 0 Å².